The van der Waals surface area contributed by atoms with Crippen LogP contribution in [0.5, 0.6) is 0 Å². The van der Waals surface area contributed by atoms with Crippen molar-refractivity contribution < 1.29 is 75.4 Å². The van der Waals surface area contributed by atoms with Gasteiger partial charge in [0.15, 0.2) is 0 Å². The fourth-order valence-corrected chi connectivity index (χ4v) is 1.42. The summed E-state index contributed by atoms with van der Waals surface area (Å²) in [5, 5.41) is 8.54. The normalized spacial score (nSPS) is 10.2. The Kier molecular flexibility index (Phi) is 25.1. The zero-order valence-electron chi connectivity index (χ0n) is 12.6. The van der Waals surface area contributed by atoms with E-state index in [4.69, 9.17) is 22.6 Å². The number of rotatable bonds is 9. The van der Waals surface area contributed by atoms with Gasteiger partial charge < -0.3 is 6.53 Å². The van der Waals surface area contributed by atoms with Gasteiger partial charge in [-0.3, -0.25) is 9.11 Å². The van der Waals surface area contributed by atoms with E-state index in [1.165, 1.54) is 51.4 Å². The molecule has 0 saturated carbocycles. The molecular weight excluding hydrogens is 283 g/mol. The van der Waals surface area contributed by atoms with Crippen molar-refractivity contribution in [2.75, 3.05) is 6.61 Å². The zero-order valence-corrected chi connectivity index (χ0v) is 15.6. The van der Waals surface area contributed by atoms with E-state index in [1.807, 2.05) is 0 Å². The molecule has 0 spiro atoms. The number of hydrogen-bond acceptors (Lipinski definition) is 3. The minimum Gasteiger partial charge on any atom is -1.00 e. The van der Waals surface area contributed by atoms with Crippen LogP contribution in [0.15, 0.2) is 0 Å². The molecule has 0 aromatic heterocycles. The van der Waals surface area contributed by atoms with Gasteiger partial charge in [0.25, 0.3) is 0 Å². The van der Waals surface area contributed by atoms with E-state index < -0.39 is 10.4 Å². The quantitative estimate of drug-likeness (QED) is 0.316. The first-order valence-corrected chi connectivity index (χ1v) is 7.62. The maximum absolute atomic E-state index is 8.74. The van der Waals surface area contributed by atoms with E-state index in [1.54, 1.807) is 0 Å². The van der Waals surface area contributed by atoms with Crippen LogP contribution in [-0.4, -0.2) is 29.2 Å². The third-order valence-corrected chi connectivity index (χ3v) is 2.26. The Bertz CT molecular complexity index is 219. The molecule has 0 rings (SSSR count). The molecule has 0 aliphatic carbocycles. The van der Waals surface area contributed by atoms with E-state index in [-0.39, 0.29) is 52.8 Å². The third-order valence-electron chi connectivity index (χ3n) is 2.26. The van der Waals surface area contributed by atoms with Gasteiger partial charge in [0.05, 0.1) is 0 Å². The van der Waals surface area contributed by atoms with Crippen molar-refractivity contribution in [1.29, 1.82) is 0 Å². The zero-order chi connectivity index (χ0) is 13.6. The molecule has 0 fully saturated rings. The summed E-state index contributed by atoms with van der Waals surface area (Å²) >= 11 is 0. The molecule has 108 valence electrons. The van der Waals surface area contributed by atoms with Crippen LogP contribution in [0, 0.1) is 0 Å². The summed E-state index contributed by atoms with van der Waals surface area (Å²) < 4.78 is 31.6. The van der Waals surface area contributed by atoms with Crippen LogP contribution in [0.4, 0.5) is 0 Å². The molecule has 0 amide bonds. The molecular formula is C11H27KO5S. The molecule has 0 aliphatic heterocycles. The smallest absolute Gasteiger partial charge is 1.00 e. The predicted molar refractivity (Wildman–Crippen MR) is 69.6 cm³/mol. The Hall–Kier alpha value is 1.47. The summed E-state index contributed by atoms with van der Waals surface area (Å²) in [6.45, 7) is 2.62. The molecule has 0 unspecified atom stereocenters. The van der Waals surface area contributed by atoms with Gasteiger partial charge in [0.2, 0.25) is 0 Å². The van der Waals surface area contributed by atoms with E-state index in [9.17, 15) is 0 Å². The Morgan fingerprint density at radius 1 is 0.833 bits per heavy atom. The Morgan fingerprint density at radius 2 is 1.11 bits per heavy atom. The number of aliphatic hydroxyl groups excluding tert-OH is 1. The Morgan fingerprint density at radius 3 is 1.39 bits per heavy atom. The van der Waals surface area contributed by atoms with Gasteiger partial charge in [-0.05, 0) is 6.42 Å². The molecule has 0 heterocycles. The SMILES string of the molecule is CCCCCCCCCCCO.O=S(=O)(O)O.[H-].[K+]. The maximum atomic E-state index is 8.74. The fourth-order valence-electron chi connectivity index (χ4n) is 1.42. The van der Waals surface area contributed by atoms with Crippen LogP contribution in [0.3, 0.4) is 0 Å². The van der Waals surface area contributed by atoms with Crippen molar-refractivity contribution in [2.45, 2.75) is 64.7 Å². The van der Waals surface area contributed by atoms with Gasteiger partial charge in [-0.15, -0.1) is 0 Å². The molecule has 0 atom stereocenters. The summed E-state index contributed by atoms with van der Waals surface area (Å²) in [4.78, 5) is 0. The largest absolute Gasteiger partial charge is 1.00 e. The van der Waals surface area contributed by atoms with Crippen molar-refractivity contribution in [3.8, 4) is 0 Å². The van der Waals surface area contributed by atoms with Gasteiger partial charge in [-0.2, -0.15) is 8.42 Å². The molecule has 0 bridgehead atoms. The standard InChI is InChI=1S/C11H24O.K.H2O4S.H/c1-2-3-4-5-6-7-8-9-10-11-12;;1-5(2,3)4;/h12H,2-11H2,1H3;;(H2,1,2,3,4);/q;+1;;-1. The van der Waals surface area contributed by atoms with Crippen molar-refractivity contribution in [3.63, 3.8) is 0 Å². The molecule has 0 aromatic rings. The Labute approximate surface area is 155 Å². The molecule has 5 nitrogen and oxygen atoms in total. The maximum Gasteiger partial charge on any atom is 1.00 e. The van der Waals surface area contributed by atoms with E-state index in [2.05, 4.69) is 6.92 Å². The summed E-state index contributed by atoms with van der Waals surface area (Å²) in [6, 6.07) is 0. The van der Waals surface area contributed by atoms with E-state index in [0.29, 0.717) is 6.61 Å². The molecule has 3 N–H and O–H groups in total. The van der Waals surface area contributed by atoms with Crippen LogP contribution in [0.1, 0.15) is 66.1 Å². The summed E-state index contributed by atoms with van der Waals surface area (Å²) in [5.41, 5.74) is 0. The average Bonchev–Trinajstić information content (AvgIpc) is 2.20. The summed E-state index contributed by atoms with van der Waals surface area (Å²) in [5.74, 6) is 0. The second-order valence-electron chi connectivity index (χ2n) is 4.00. The predicted octanol–water partition coefficient (Wildman–Crippen LogP) is -0.0268. The molecule has 0 radical (unpaired) electrons. The number of hydrogen-bond donors (Lipinski definition) is 3. The van der Waals surface area contributed by atoms with Crippen LogP contribution in [0.25, 0.3) is 0 Å². The van der Waals surface area contributed by atoms with Crippen molar-refractivity contribution in [2.24, 2.45) is 0 Å². The second kappa shape index (κ2) is 18.5. The summed E-state index contributed by atoms with van der Waals surface area (Å²) in [6.07, 6.45) is 11.8. The van der Waals surface area contributed by atoms with Crippen LogP contribution < -0.4 is 51.4 Å². The monoisotopic (exact) mass is 310 g/mol. The fraction of sp³-hybridized carbons (Fsp3) is 1.00. The van der Waals surface area contributed by atoms with Gasteiger partial charge in [0, 0.05) is 6.61 Å². The molecule has 0 aliphatic rings. The third kappa shape index (κ3) is 43.2. The molecule has 0 aromatic carbocycles. The molecule has 18 heavy (non-hydrogen) atoms. The van der Waals surface area contributed by atoms with Crippen LogP contribution in [-0.2, 0) is 10.4 Å². The summed E-state index contributed by atoms with van der Waals surface area (Å²) in [7, 11) is -4.67. The van der Waals surface area contributed by atoms with Crippen LogP contribution in [0.2, 0.25) is 0 Å². The minimum atomic E-state index is -4.67. The van der Waals surface area contributed by atoms with E-state index >= 15 is 0 Å². The average molecular weight is 310 g/mol. The van der Waals surface area contributed by atoms with Crippen molar-refractivity contribution in [1.82, 2.24) is 0 Å². The van der Waals surface area contributed by atoms with Crippen LogP contribution >= 0.6 is 0 Å². The topological polar surface area (TPSA) is 94.8 Å². The van der Waals surface area contributed by atoms with Gasteiger partial charge in [0.1, 0.15) is 0 Å². The van der Waals surface area contributed by atoms with E-state index in [0.717, 1.165) is 6.42 Å². The number of aliphatic hydroxyl groups is 1. The first-order chi connectivity index (χ1) is 7.91. The van der Waals surface area contributed by atoms with Gasteiger partial charge in [-0.1, -0.05) is 58.3 Å². The van der Waals surface area contributed by atoms with Gasteiger partial charge >= 0.3 is 61.8 Å². The van der Waals surface area contributed by atoms with Crippen molar-refractivity contribution >= 4 is 10.4 Å². The van der Waals surface area contributed by atoms with Crippen molar-refractivity contribution in [3.05, 3.63) is 0 Å². The molecule has 7 heteroatoms. The minimum absolute atomic E-state index is 0. The number of unbranched alkanes of at least 4 members (excludes halogenated alkanes) is 8. The Balaban J connectivity index is -0.000000139. The first-order valence-electron chi connectivity index (χ1n) is 6.22. The first kappa shape index (κ1) is 24.5. The molecule has 0 saturated heterocycles. The second-order valence-corrected chi connectivity index (χ2v) is 4.90. The van der Waals surface area contributed by atoms with Gasteiger partial charge in [-0.25, -0.2) is 0 Å².